The Kier molecular flexibility index (Phi) is 5.33. The van der Waals surface area contributed by atoms with Gasteiger partial charge in [-0.2, -0.15) is 0 Å². The van der Waals surface area contributed by atoms with Crippen molar-refractivity contribution >= 4 is 45.8 Å². The average Bonchev–Trinajstić information content (AvgIpc) is 3.14. The van der Waals surface area contributed by atoms with E-state index in [2.05, 4.69) is 5.32 Å². The molecule has 6 nitrogen and oxygen atoms in total. The zero-order valence-corrected chi connectivity index (χ0v) is 16.7. The number of nitrogens with one attached hydrogen (secondary N) is 1. The van der Waals surface area contributed by atoms with Crippen molar-refractivity contribution in [2.45, 2.75) is 19.4 Å². The van der Waals surface area contributed by atoms with Crippen LogP contribution in [0.1, 0.15) is 34.2 Å². The first-order chi connectivity index (χ1) is 12.3. The highest BCUT2D eigenvalue weighted by atomic mass is 127. The van der Waals surface area contributed by atoms with Gasteiger partial charge in [0.15, 0.2) is 5.78 Å². The first kappa shape index (κ1) is 18.8. The second kappa shape index (κ2) is 7.36. The fourth-order valence-corrected chi connectivity index (χ4v) is 3.57. The summed E-state index contributed by atoms with van der Waals surface area (Å²) in [5.74, 6) is -0.421. The van der Waals surface area contributed by atoms with Crippen molar-refractivity contribution in [1.82, 2.24) is 9.47 Å². The molecule has 0 saturated carbocycles. The Hall–Kier alpha value is -1.94. The molecule has 1 aliphatic rings. The van der Waals surface area contributed by atoms with Crippen molar-refractivity contribution in [3.05, 3.63) is 44.9 Å². The Morgan fingerprint density at radius 1 is 1.35 bits per heavy atom. The van der Waals surface area contributed by atoms with Gasteiger partial charge in [0, 0.05) is 36.7 Å². The third kappa shape index (κ3) is 3.61. The number of likely N-dealkylation sites (tertiary alicyclic amines) is 1. The van der Waals surface area contributed by atoms with Crippen LogP contribution < -0.4 is 11.1 Å². The van der Waals surface area contributed by atoms with E-state index in [0.29, 0.717) is 30.2 Å². The molecule has 0 spiro atoms. The Balaban J connectivity index is 2.02. The van der Waals surface area contributed by atoms with Gasteiger partial charge in [-0.1, -0.05) is 0 Å². The lowest BCUT2D eigenvalue weighted by Crippen LogP contribution is -2.32. The average molecular weight is 470 g/mol. The zero-order chi connectivity index (χ0) is 19.0. The highest BCUT2D eigenvalue weighted by molar-refractivity contribution is 14.1. The highest BCUT2D eigenvalue weighted by Gasteiger charge is 2.29. The van der Waals surface area contributed by atoms with Crippen LogP contribution in [0.15, 0.2) is 24.3 Å². The molecule has 3 N–H and O–H groups in total. The van der Waals surface area contributed by atoms with Crippen LogP contribution in [0.25, 0.3) is 0 Å². The molecule has 1 saturated heterocycles. The van der Waals surface area contributed by atoms with Crippen LogP contribution in [-0.2, 0) is 7.05 Å². The molecule has 2 heterocycles. The first-order valence-corrected chi connectivity index (χ1v) is 9.33. The minimum Gasteiger partial charge on any atom is -0.339 e. The summed E-state index contributed by atoms with van der Waals surface area (Å²) in [5.41, 5.74) is 6.86. The van der Waals surface area contributed by atoms with Crippen molar-refractivity contribution < 1.29 is 14.0 Å². The fraction of sp³-hybridized carbons (Fsp3) is 0.333. The number of nitrogens with zero attached hydrogens (tertiary/aromatic N) is 2. The van der Waals surface area contributed by atoms with Crippen LogP contribution >= 0.6 is 22.6 Å². The van der Waals surface area contributed by atoms with Crippen LogP contribution in [0.4, 0.5) is 15.9 Å². The number of hydrogen-bond donors (Lipinski definition) is 2. The number of hydrogen-bond acceptors (Lipinski definition) is 4. The lowest BCUT2D eigenvalue weighted by Gasteiger charge is -2.17. The number of halogens is 2. The molecule has 138 valence electrons. The summed E-state index contributed by atoms with van der Waals surface area (Å²) in [6.07, 6.45) is 0.743. The number of amides is 1. The number of Topliss-reactive ketones (excluding diaryl/α,β-unsaturated/α-hetero) is 1. The number of ketones is 1. The molecule has 0 bridgehead atoms. The van der Waals surface area contributed by atoms with Gasteiger partial charge in [-0.05, 0) is 53.3 Å². The largest absolute Gasteiger partial charge is 0.339 e. The Morgan fingerprint density at radius 3 is 2.65 bits per heavy atom. The number of anilines is 2. The van der Waals surface area contributed by atoms with Gasteiger partial charge in [0.25, 0.3) is 5.91 Å². The molecule has 2 aromatic rings. The molecule has 8 heteroatoms. The van der Waals surface area contributed by atoms with E-state index in [1.807, 2.05) is 22.6 Å². The van der Waals surface area contributed by atoms with Crippen LogP contribution in [0, 0.1) is 9.39 Å². The van der Waals surface area contributed by atoms with Crippen molar-refractivity contribution in [1.29, 1.82) is 0 Å². The monoisotopic (exact) mass is 470 g/mol. The summed E-state index contributed by atoms with van der Waals surface area (Å²) in [6.45, 7) is 2.48. The van der Waals surface area contributed by atoms with Crippen molar-refractivity contribution in [3.63, 3.8) is 0 Å². The van der Waals surface area contributed by atoms with Crippen molar-refractivity contribution in [2.24, 2.45) is 12.8 Å². The second-order valence-corrected chi connectivity index (χ2v) is 7.70. The number of aromatic nitrogens is 1. The van der Waals surface area contributed by atoms with E-state index in [0.717, 1.165) is 9.99 Å². The standard InChI is InChI=1S/C18H20FIN4O2/c1-10(25)16-8-13(18(26)24-6-5-12(21)9-24)17(23(16)2)22-15-4-3-11(20)7-14(15)19/h3-4,7-8,12,22H,5-6,9,21H2,1-2H3/t12-/m1/s1. The van der Waals surface area contributed by atoms with Crippen LogP contribution in [-0.4, -0.2) is 40.3 Å². The van der Waals surface area contributed by atoms with Crippen LogP contribution in [0.3, 0.4) is 0 Å². The van der Waals surface area contributed by atoms with Gasteiger partial charge in [-0.25, -0.2) is 4.39 Å². The van der Waals surface area contributed by atoms with Gasteiger partial charge >= 0.3 is 0 Å². The predicted molar refractivity (Wildman–Crippen MR) is 106 cm³/mol. The molecular weight excluding hydrogens is 450 g/mol. The Morgan fingerprint density at radius 2 is 2.08 bits per heavy atom. The zero-order valence-electron chi connectivity index (χ0n) is 14.6. The summed E-state index contributed by atoms with van der Waals surface area (Å²) >= 11 is 2.03. The molecule has 1 amide bonds. The number of benzene rings is 1. The van der Waals surface area contributed by atoms with E-state index >= 15 is 0 Å². The topological polar surface area (TPSA) is 80.4 Å². The summed E-state index contributed by atoms with van der Waals surface area (Å²) in [6, 6.07) is 6.29. The second-order valence-electron chi connectivity index (χ2n) is 6.46. The first-order valence-electron chi connectivity index (χ1n) is 8.25. The maximum atomic E-state index is 14.3. The fourth-order valence-electron chi connectivity index (χ4n) is 3.12. The van der Waals surface area contributed by atoms with Gasteiger partial charge in [0.2, 0.25) is 0 Å². The highest BCUT2D eigenvalue weighted by Crippen LogP contribution is 2.29. The smallest absolute Gasteiger partial charge is 0.257 e. The molecule has 1 aromatic heterocycles. The summed E-state index contributed by atoms with van der Waals surface area (Å²) in [4.78, 5) is 26.5. The van der Waals surface area contributed by atoms with E-state index in [9.17, 15) is 14.0 Å². The third-order valence-corrected chi connectivity index (χ3v) is 5.19. The van der Waals surface area contributed by atoms with E-state index in [4.69, 9.17) is 5.73 Å². The summed E-state index contributed by atoms with van der Waals surface area (Å²) in [7, 11) is 1.68. The van der Waals surface area contributed by atoms with Gasteiger partial charge in [0.1, 0.15) is 11.6 Å². The minimum atomic E-state index is -0.427. The maximum Gasteiger partial charge on any atom is 0.257 e. The summed E-state index contributed by atoms with van der Waals surface area (Å²) < 4.78 is 16.6. The quantitative estimate of drug-likeness (QED) is 0.532. The number of carbonyl (C=O) groups excluding carboxylic acids is 2. The molecule has 0 unspecified atom stereocenters. The molecule has 1 aliphatic heterocycles. The van der Waals surface area contributed by atoms with Gasteiger partial charge in [-0.15, -0.1) is 0 Å². The Bertz CT molecular complexity index is 880. The normalized spacial score (nSPS) is 16.8. The van der Waals surface area contributed by atoms with Crippen molar-refractivity contribution in [3.8, 4) is 0 Å². The van der Waals surface area contributed by atoms with E-state index in [-0.39, 0.29) is 23.4 Å². The molecule has 26 heavy (non-hydrogen) atoms. The molecule has 3 rings (SSSR count). The number of carbonyl (C=O) groups is 2. The van der Waals surface area contributed by atoms with Crippen LogP contribution in [0.2, 0.25) is 0 Å². The third-order valence-electron chi connectivity index (χ3n) is 4.52. The lowest BCUT2D eigenvalue weighted by molar-refractivity contribution is 0.0792. The van der Waals surface area contributed by atoms with Gasteiger partial charge < -0.3 is 20.5 Å². The maximum absolute atomic E-state index is 14.3. The lowest BCUT2D eigenvalue weighted by atomic mass is 10.2. The van der Waals surface area contributed by atoms with E-state index < -0.39 is 5.82 Å². The molecule has 1 aromatic carbocycles. The van der Waals surface area contributed by atoms with E-state index in [1.54, 1.807) is 34.7 Å². The summed E-state index contributed by atoms with van der Waals surface area (Å²) in [5, 5.41) is 2.98. The van der Waals surface area contributed by atoms with Crippen LogP contribution in [0.5, 0.6) is 0 Å². The van der Waals surface area contributed by atoms with Gasteiger partial charge in [0.05, 0.1) is 16.9 Å². The SMILES string of the molecule is CC(=O)c1cc(C(=O)N2CC[C@@H](N)C2)c(Nc2ccc(I)cc2F)n1C. The molecule has 0 aliphatic carbocycles. The number of nitrogens with two attached hydrogens (primary N) is 1. The molecule has 0 radical (unpaired) electrons. The van der Waals surface area contributed by atoms with Crippen molar-refractivity contribution in [2.75, 3.05) is 18.4 Å². The van der Waals surface area contributed by atoms with Gasteiger partial charge in [-0.3, -0.25) is 9.59 Å². The molecular formula is C18H20FIN4O2. The molecule has 1 atom stereocenters. The predicted octanol–water partition coefficient (Wildman–Crippen LogP) is 2.89. The minimum absolute atomic E-state index is 0.0417. The number of rotatable bonds is 4. The molecule has 1 fully saturated rings. The van der Waals surface area contributed by atoms with E-state index in [1.165, 1.54) is 13.0 Å². The Labute approximate surface area is 164 Å².